The zero-order chi connectivity index (χ0) is 29.4. The molecule has 0 saturated carbocycles. The van der Waals surface area contributed by atoms with Crippen molar-refractivity contribution in [1.29, 1.82) is 0 Å². The summed E-state index contributed by atoms with van der Waals surface area (Å²) in [5.41, 5.74) is 4.04. The van der Waals surface area contributed by atoms with Gasteiger partial charge in [0.15, 0.2) is 6.10 Å². The summed E-state index contributed by atoms with van der Waals surface area (Å²) in [5.74, 6) is 0. The van der Waals surface area contributed by atoms with E-state index < -0.39 is 30.6 Å². The lowest BCUT2D eigenvalue weighted by molar-refractivity contribution is -0.569. The van der Waals surface area contributed by atoms with Gasteiger partial charge in [0.2, 0.25) is 6.23 Å². The van der Waals surface area contributed by atoms with Crippen LogP contribution in [0.15, 0.2) is 115 Å². The van der Waals surface area contributed by atoms with E-state index in [1.165, 1.54) is 4.68 Å². The molecule has 4 aromatic carbocycles. The first-order valence-corrected chi connectivity index (χ1v) is 14.2. The average molecular weight is 581 g/mol. The Labute approximate surface area is 248 Å². The maximum atomic E-state index is 12.8. The van der Waals surface area contributed by atoms with E-state index in [4.69, 9.17) is 18.9 Å². The van der Waals surface area contributed by atoms with Gasteiger partial charge in [0.1, 0.15) is 17.7 Å². The van der Waals surface area contributed by atoms with Crippen LogP contribution in [-0.2, 0) is 38.8 Å². The second-order valence-electron chi connectivity index (χ2n) is 10.4. The van der Waals surface area contributed by atoms with Crippen molar-refractivity contribution in [2.24, 2.45) is 0 Å². The van der Waals surface area contributed by atoms with E-state index >= 15 is 0 Å². The predicted octanol–water partition coefficient (Wildman–Crippen LogP) is 5.36. The fraction of sp³-hybridized carbons (Fsp3) is 0.273. The van der Waals surface area contributed by atoms with E-state index in [0.717, 1.165) is 16.7 Å². The summed E-state index contributed by atoms with van der Waals surface area (Å²) in [5, 5.41) is 21.4. The number of nitro groups is 1. The largest absolute Gasteiger partial charge is 0.374 e. The van der Waals surface area contributed by atoms with E-state index in [2.05, 4.69) is 10.3 Å². The number of nitrogens with zero attached hydrogens (tertiary/aromatic N) is 4. The Hall–Kier alpha value is -4.48. The van der Waals surface area contributed by atoms with Crippen LogP contribution < -0.4 is 0 Å². The minimum Gasteiger partial charge on any atom is -0.374 e. The lowest BCUT2D eigenvalue weighted by Gasteiger charge is -2.42. The fourth-order valence-corrected chi connectivity index (χ4v) is 5.34. The van der Waals surface area contributed by atoms with Crippen molar-refractivity contribution in [2.45, 2.75) is 50.4 Å². The Kier molecular flexibility index (Phi) is 9.10. The third-order valence-electron chi connectivity index (χ3n) is 7.46. The molecule has 43 heavy (non-hydrogen) atoms. The van der Waals surface area contributed by atoms with Crippen LogP contribution in [0.3, 0.4) is 0 Å². The van der Waals surface area contributed by atoms with Crippen LogP contribution in [-0.4, -0.2) is 50.9 Å². The van der Waals surface area contributed by atoms with Crippen LogP contribution in [0.2, 0.25) is 0 Å². The van der Waals surface area contributed by atoms with E-state index in [0.29, 0.717) is 17.6 Å². The number of para-hydroxylation sites is 1. The molecule has 0 amide bonds. The number of aromatic nitrogens is 3. The van der Waals surface area contributed by atoms with Gasteiger partial charge in [0.05, 0.1) is 31.9 Å². The maximum Gasteiger partial charge on any atom is 0.287 e. The molecule has 0 N–H and O–H groups in total. The Balaban J connectivity index is 1.35. The van der Waals surface area contributed by atoms with Crippen LogP contribution in [0.1, 0.15) is 22.9 Å². The van der Waals surface area contributed by atoms with Gasteiger partial charge in [0.25, 0.3) is 6.04 Å². The van der Waals surface area contributed by atoms with E-state index in [-0.39, 0.29) is 24.7 Å². The molecular weight excluding hydrogens is 548 g/mol. The van der Waals surface area contributed by atoms with Crippen LogP contribution in [0.4, 0.5) is 0 Å². The van der Waals surface area contributed by atoms with Crippen LogP contribution in [0.5, 0.6) is 0 Å². The third kappa shape index (κ3) is 6.79. The topological polar surface area (TPSA) is 111 Å². The molecule has 0 bridgehead atoms. The summed E-state index contributed by atoms with van der Waals surface area (Å²) in [6, 6.07) is 35.0. The molecule has 0 aliphatic carbocycles. The van der Waals surface area contributed by atoms with E-state index in [1.807, 2.05) is 109 Å². The highest BCUT2D eigenvalue weighted by molar-refractivity contribution is 5.73. The SMILES string of the molecule is O=[N+]([O-])[C@@H]1[C@@H](OCc2ccccc2)[C@@H](OCc2ccccc2)[C@@H](COCc2ccccc2)O[C@H]1n1nnc2ccccc21. The molecule has 1 aliphatic heterocycles. The molecule has 10 heteroatoms. The first-order chi connectivity index (χ1) is 21.2. The number of ether oxygens (including phenoxy) is 4. The molecule has 220 valence electrons. The molecule has 1 fully saturated rings. The third-order valence-corrected chi connectivity index (χ3v) is 7.46. The standard InChI is InChI=1S/C33H32N4O6/c38-37(39)30-32(42-22-26-16-8-3-9-17-26)31(41-21-25-14-6-2-7-15-25)29(23-40-20-24-12-4-1-5-13-24)43-33(30)36-28-19-11-10-18-27(28)34-35-36/h1-19,29-33H,20-23H2/t29-,30-,31+,32-,33-/m1/s1. The smallest absolute Gasteiger partial charge is 0.287 e. The first kappa shape index (κ1) is 28.6. The summed E-state index contributed by atoms with van der Waals surface area (Å²) in [4.78, 5) is 12.5. The minimum absolute atomic E-state index is 0.118. The predicted molar refractivity (Wildman–Crippen MR) is 158 cm³/mol. The number of rotatable bonds is 12. The number of fused-ring (bicyclic) bond motifs is 1. The van der Waals surface area contributed by atoms with Gasteiger partial charge in [-0.1, -0.05) is 108 Å². The molecule has 1 saturated heterocycles. The van der Waals surface area contributed by atoms with Crippen molar-refractivity contribution >= 4 is 11.0 Å². The van der Waals surface area contributed by atoms with Gasteiger partial charge in [-0.05, 0) is 28.8 Å². The maximum absolute atomic E-state index is 12.8. The van der Waals surface area contributed by atoms with E-state index in [9.17, 15) is 10.1 Å². The quantitative estimate of drug-likeness (QED) is 0.143. The molecule has 2 heterocycles. The molecule has 10 nitrogen and oxygen atoms in total. The monoisotopic (exact) mass is 580 g/mol. The van der Waals surface area contributed by atoms with Gasteiger partial charge in [-0.3, -0.25) is 10.1 Å². The summed E-state index contributed by atoms with van der Waals surface area (Å²) in [7, 11) is 0. The highest BCUT2D eigenvalue weighted by Gasteiger charge is 2.55. The molecule has 5 atom stereocenters. The van der Waals surface area contributed by atoms with Gasteiger partial charge in [-0.2, -0.15) is 0 Å². The Morgan fingerprint density at radius 1 is 0.721 bits per heavy atom. The van der Waals surface area contributed by atoms with Gasteiger partial charge < -0.3 is 18.9 Å². The van der Waals surface area contributed by atoms with Crippen molar-refractivity contribution in [3.63, 3.8) is 0 Å². The average Bonchev–Trinajstić information content (AvgIpc) is 3.48. The number of hydrogen-bond acceptors (Lipinski definition) is 8. The second kappa shape index (κ2) is 13.7. The van der Waals surface area contributed by atoms with Crippen LogP contribution in [0.25, 0.3) is 11.0 Å². The fourth-order valence-electron chi connectivity index (χ4n) is 5.34. The molecule has 0 spiro atoms. The Morgan fingerprint density at radius 2 is 1.26 bits per heavy atom. The molecule has 0 unspecified atom stereocenters. The number of hydrogen-bond donors (Lipinski definition) is 0. The van der Waals surface area contributed by atoms with Crippen LogP contribution in [0, 0.1) is 10.1 Å². The highest BCUT2D eigenvalue weighted by Crippen LogP contribution is 2.36. The first-order valence-electron chi connectivity index (χ1n) is 14.2. The summed E-state index contributed by atoms with van der Waals surface area (Å²) < 4.78 is 27.0. The molecule has 6 rings (SSSR count). The number of benzene rings is 4. The second-order valence-corrected chi connectivity index (χ2v) is 10.4. The molecular formula is C33H32N4O6. The minimum atomic E-state index is -1.35. The van der Waals surface area contributed by atoms with Gasteiger partial charge in [-0.15, -0.1) is 5.10 Å². The Morgan fingerprint density at radius 3 is 1.86 bits per heavy atom. The van der Waals surface area contributed by atoms with Crippen molar-refractivity contribution in [3.8, 4) is 0 Å². The Bertz CT molecular complexity index is 1600. The summed E-state index contributed by atoms with van der Waals surface area (Å²) in [6.07, 6.45) is -3.64. The van der Waals surface area contributed by atoms with Crippen molar-refractivity contribution < 1.29 is 23.9 Å². The molecule has 5 aromatic rings. The van der Waals surface area contributed by atoms with Crippen molar-refractivity contribution in [2.75, 3.05) is 6.61 Å². The highest BCUT2D eigenvalue weighted by atomic mass is 16.7. The van der Waals surface area contributed by atoms with Crippen molar-refractivity contribution in [3.05, 3.63) is 142 Å². The van der Waals surface area contributed by atoms with Crippen molar-refractivity contribution in [1.82, 2.24) is 15.0 Å². The zero-order valence-electron chi connectivity index (χ0n) is 23.4. The normalized spacial score (nSPS) is 22.0. The molecule has 0 radical (unpaired) electrons. The lowest BCUT2D eigenvalue weighted by atomic mass is 9.95. The van der Waals surface area contributed by atoms with E-state index in [1.54, 1.807) is 6.07 Å². The summed E-state index contributed by atoms with van der Waals surface area (Å²) >= 11 is 0. The molecule has 1 aliphatic rings. The van der Waals surface area contributed by atoms with Gasteiger partial charge >= 0.3 is 0 Å². The van der Waals surface area contributed by atoms with Gasteiger partial charge in [0, 0.05) is 4.92 Å². The lowest BCUT2D eigenvalue weighted by Crippen LogP contribution is -2.61. The molecule has 1 aromatic heterocycles. The van der Waals surface area contributed by atoms with Crippen LogP contribution >= 0.6 is 0 Å². The van der Waals surface area contributed by atoms with Gasteiger partial charge in [-0.25, -0.2) is 4.68 Å². The summed E-state index contributed by atoms with van der Waals surface area (Å²) in [6.45, 7) is 0.838. The zero-order valence-corrected chi connectivity index (χ0v) is 23.4.